The Morgan fingerprint density at radius 1 is 1.24 bits per heavy atom. The first-order valence-corrected chi connectivity index (χ1v) is 6.35. The van der Waals surface area contributed by atoms with Crippen LogP contribution in [-0.2, 0) is 6.42 Å². The van der Waals surface area contributed by atoms with Crippen LogP contribution in [0.4, 0.5) is 5.69 Å². The number of aliphatic hydroxyl groups is 1. The van der Waals surface area contributed by atoms with Gasteiger partial charge >= 0.3 is 0 Å². The number of rotatable bonds is 3. The van der Waals surface area contributed by atoms with E-state index in [1.807, 2.05) is 6.92 Å². The van der Waals surface area contributed by atoms with Crippen LogP contribution in [0.15, 0.2) is 24.3 Å². The molecule has 1 aliphatic heterocycles. The second-order valence-electron chi connectivity index (χ2n) is 5.01. The first-order chi connectivity index (χ1) is 8.15. The summed E-state index contributed by atoms with van der Waals surface area (Å²) in [5, 5.41) is 9.42. The molecule has 1 fully saturated rings. The van der Waals surface area contributed by atoms with Crippen LogP contribution in [-0.4, -0.2) is 49.3 Å². The maximum absolute atomic E-state index is 9.42. The molecule has 0 spiro atoms. The van der Waals surface area contributed by atoms with Crippen molar-refractivity contribution in [1.29, 1.82) is 0 Å². The van der Waals surface area contributed by atoms with Gasteiger partial charge in [0.1, 0.15) is 0 Å². The number of aliphatic hydroxyl groups excluding tert-OH is 1. The number of hydrogen-bond acceptors (Lipinski definition) is 3. The molecule has 0 bridgehead atoms. The molecule has 0 saturated carbocycles. The van der Waals surface area contributed by atoms with E-state index >= 15 is 0 Å². The zero-order valence-electron chi connectivity index (χ0n) is 10.8. The van der Waals surface area contributed by atoms with Crippen LogP contribution in [0.2, 0.25) is 0 Å². The normalized spacial score (nSPS) is 19.4. The third kappa shape index (κ3) is 3.45. The number of piperazine rings is 1. The van der Waals surface area contributed by atoms with Crippen LogP contribution in [0.25, 0.3) is 0 Å². The van der Waals surface area contributed by atoms with Gasteiger partial charge in [-0.15, -0.1) is 0 Å². The highest BCUT2D eigenvalue weighted by molar-refractivity contribution is 5.49. The molecule has 0 aliphatic carbocycles. The standard InChI is InChI=1S/C14H22N2O/c1-12(17)10-13-4-3-5-14(11-13)16-8-6-15(2)7-9-16/h3-5,11-12,17H,6-10H2,1-2H3. The minimum absolute atomic E-state index is 0.266. The number of likely N-dealkylation sites (N-methyl/N-ethyl adjacent to an activating group) is 1. The lowest BCUT2D eigenvalue weighted by Crippen LogP contribution is -2.44. The highest BCUT2D eigenvalue weighted by Gasteiger charge is 2.14. The minimum Gasteiger partial charge on any atom is -0.393 e. The molecule has 1 unspecified atom stereocenters. The van der Waals surface area contributed by atoms with Crippen molar-refractivity contribution in [1.82, 2.24) is 4.90 Å². The van der Waals surface area contributed by atoms with Gasteiger partial charge < -0.3 is 14.9 Å². The zero-order valence-corrected chi connectivity index (χ0v) is 10.8. The van der Waals surface area contributed by atoms with Gasteiger partial charge in [0.05, 0.1) is 6.10 Å². The molecule has 2 rings (SSSR count). The molecule has 0 amide bonds. The largest absolute Gasteiger partial charge is 0.393 e. The second-order valence-corrected chi connectivity index (χ2v) is 5.01. The molecule has 1 N–H and O–H groups in total. The van der Waals surface area contributed by atoms with E-state index < -0.39 is 0 Å². The van der Waals surface area contributed by atoms with Gasteiger partial charge in [0.2, 0.25) is 0 Å². The molecule has 0 radical (unpaired) electrons. The van der Waals surface area contributed by atoms with E-state index in [2.05, 4.69) is 41.1 Å². The number of benzene rings is 1. The fourth-order valence-corrected chi connectivity index (χ4v) is 2.29. The van der Waals surface area contributed by atoms with Crippen molar-refractivity contribution < 1.29 is 5.11 Å². The van der Waals surface area contributed by atoms with Crippen molar-refractivity contribution in [3.05, 3.63) is 29.8 Å². The van der Waals surface area contributed by atoms with Crippen molar-refractivity contribution in [3.8, 4) is 0 Å². The number of nitrogens with zero attached hydrogens (tertiary/aromatic N) is 2. The van der Waals surface area contributed by atoms with Crippen molar-refractivity contribution >= 4 is 5.69 Å². The number of hydrogen-bond donors (Lipinski definition) is 1. The molecule has 3 heteroatoms. The van der Waals surface area contributed by atoms with E-state index in [9.17, 15) is 5.11 Å². The highest BCUT2D eigenvalue weighted by Crippen LogP contribution is 2.18. The zero-order chi connectivity index (χ0) is 12.3. The van der Waals surface area contributed by atoms with Gasteiger partial charge in [-0.2, -0.15) is 0 Å². The monoisotopic (exact) mass is 234 g/mol. The molecule has 1 heterocycles. The third-order valence-corrected chi connectivity index (χ3v) is 3.31. The highest BCUT2D eigenvalue weighted by atomic mass is 16.3. The topological polar surface area (TPSA) is 26.7 Å². The van der Waals surface area contributed by atoms with E-state index in [0.29, 0.717) is 0 Å². The van der Waals surface area contributed by atoms with Crippen molar-refractivity contribution in [2.24, 2.45) is 0 Å². The Morgan fingerprint density at radius 3 is 2.59 bits per heavy atom. The van der Waals surface area contributed by atoms with Crippen LogP contribution in [0.1, 0.15) is 12.5 Å². The summed E-state index contributed by atoms with van der Waals surface area (Å²) in [5.41, 5.74) is 2.51. The summed E-state index contributed by atoms with van der Waals surface area (Å²) < 4.78 is 0. The number of anilines is 1. The summed E-state index contributed by atoms with van der Waals surface area (Å²) in [5.74, 6) is 0. The van der Waals surface area contributed by atoms with Gasteiger partial charge in [-0.1, -0.05) is 12.1 Å². The maximum Gasteiger partial charge on any atom is 0.0552 e. The van der Waals surface area contributed by atoms with Gasteiger partial charge in [0.15, 0.2) is 0 Å². The predicted molar refractivity (Wildman–Crippen MR) is 71.5 cm³/mol. The molecule has 1 aromatic rings. The summed E-state index contributed by atoms with van der Waals surface area (Å²) in [6.07, 6.45) is 0.472. The lowest BCUT2D eigenvalue weighted by molar-refractivity contribution is 0.195. The Bertz CT molecular complexity index is 357. The molecule has 94 valence electrons. The summed E-state index contributed by atoms with van der Waals surface area (Å²) in [6, 6.07) is 8.55. The summed E-state index contributed by atoms with van der Waals surface area (Å²) in [4.78, 5) is 4.78. The first-order valence-electron chi connectivity index (χ1n) is 6.35. The lowest BCUT2D eigenvalue weighted by Gasteiger charge is -2.34. The summed E-state index contributed by atoms with van der Waals surface area (Å²) in [7, 11) is 2.17. The Kier molecular flexibility index (Phi) is 4.02. The van der Waals surface area contributed by atoms with Crippen molar-refractivity contribution in [3.63, 3.8) is 0 Å². The lowest BCUT2D eigenvalue weighted by atomic mass is 10.1. The van der Waals surface area contributed by atoms with Crippen LogP contribution < -0.4 is 4.90 Å². The van der Waals surface area contributed by atoms with E-state index in [1.54, 1.807) is 0 Å². The Morgan fingerprint density at radius 2 is 1.94 bits per heavy atom. The molecule has 3 nitrogen and oxygen atoms in total. The van der Waals surface area contributed by atoms with Gasteiger partial charge in [0, 0.05) is 31.9 Å². The SMILES string of the molecule is CC(O)Cc1cccc(N2CCN(C)CC2)c1. The quantitative estimate of drug-likeness (QED) is 0.855. The molecule has 1 saturated heterocycles. The van der Waals surface area contributed by atoms with E-state index in [-0.39, 0.29) is 6.10 Å². The smallest absolute Gasteiger partial charge is 0.0552 e. The van der Waals surface area contributed by atoms with Crippen LogP contribution >= 0.6 is 0 Å². The maximum atomic E-state index is 9.42. The predicted octanol–water partition coefficient (Wildman–Crippen LogP) is 1.36. The summed E-state index contributed by atoms with van der Waals surface area (Å²) in [6.45, 7) is 6.27. The third-order valence-electron chi connectivity index (χ3n) is 3.31. The van der Waals surface area contributed by atoms with Crippen LogP contribution in [0.5, 0.6) is 0 Å². The Balaban J connectivity index is 2.05. The molecule has 1 aromatic carbocycles. The average Bonchev–Trinajstić information content (AvgIpc) is 2.29. The van der Waals surface area contributed by atoms with Crippen LogP contribution in [0.3, 0.4) is 0 Å². The molecule has 0 aromatic heterocycles. The van der Waals surface area contributed by atoms with Gasteiger partial charge in [-0.3, -0.25) is 0 Å². The molecular weight excluding hydrogens is 212 g/mol. The molecule has 1 atom stereocenters. The van der Waals surface area contributed by atoms with Gasteiger partial charge in [0.25, 0.3) is 0 Å². The summed E-state index contributed by atoms with van der Waals surface area (Å²) >= 11 is 0. The fourth-order valence-electron chi connectivity index (χ4n) is 2.29. The fraction of sp³-hybridized carbons (Fsp3) is 0.571. The van der Waals surface area contributed by atoms with Gasteiger partial charge in [-0.25, -0.2) is 0 Å². The van der Waals surface area contributed by atoms with Crippen molar-refractivity contribution in [2.45, 2.75) is 19.4 Å². The van der Waals surface area contributed by atoms with E-state index in [0.717, 1.165) is 32.6 Å². The second kappa shape index (κ2) is 5.52. The average molecular weight is 234 g/mol. The molecular formula is C14H22N2O. The Hall–Kier alpha value is -1.06. The molecule has 17 heavy (non-hydrogen) atoms. The van der Waals surface area contributed by atoms with E-state index in [1.165, 1.54) is 11.3 Å². The van der Waals surface area contributed by atoms with Gasteiger partial charge in [-0.05, 0) is 38.1 Å². The first kappa shape index (κ1) is 12.4. The molecule has 1 aliphatic rings. The Labute approximate surface area is 104 Å². The van der Waals surface area contributed by atoms with Crippen LogP contribution in [0, 0.1) is 0 Å². The van der Waals surface area contributed by atoms with Crippen molar-refractivity contribution in [2.75, 3.05) is 38.1 Å². The minimum atomic E-state index is -0.266. The van der Waals surface area contributed by atoms with E-state index in [4.69, 9.17) is 0 Å².